The van der Waals surface area contributed by atoms with Crippen molar-refractivity contribution < 1.29 is 13.2 Å². The first-order valence-corrected chi connectivity index (χ1v) is 8.36. The summed E-state index contributed by atoms with van der Waals surface area (Å²) >= 11 is 0. The molecule has 2 aromatic rings. The van der Waals surface area contributed by atoms with Crippen molar-refractivity contribution in [2.45, 2.75) is 38.1 Å². The molecule has 0 aliphatic carbocycles. The van der Waals surface area contributed by atoms with Crippen LogP contribution in [0.1, 0.15) is 23.2 Å². The topological polar surface area (TPSA) is 32.3 Å². The predicted octanol–water partition coefficient (Wildman–Crippen LogP) is 3.27. The number of rotatable bonds is 3. The normalized spacial score (nSPS) is 23.4. The van der Waals surface area contributed by atoms with Crippen LogP contribution >= 0.6 is 0 Å². The van der Waals surface area contributed by atoms with E-state index < -0.39 is 11.7 Å². The van der Waals surface area contributed by atoms with Gasteiger partial charge in [-0.15, -0.1) is 0 Å². The Hall–Kier alpha value is -2.15. The van der Waals surface area contributed by atoms with Gasteiger partial charge in [0.25, 0.3) is 0 Å². The lowest BCUT2D eigenvalue weighted by molar-refractivity contribution is -0.137. The van der Waals surface area contributed by atoms with E-state index in [0.29, 0.717) is 24.2 Å². The smallest absolute Gasteiger partial charge is 0.338 e. The number of benzene rings is 1. The molecule has 3 aliphatic rings. The minimum atomic E-state index is -4.29. The molecule has 1 aromatic carbocycles. The van der Waals surface area contributed by atoms with Crippen molar-refractivity contribution in [2.24, 2.45) is 0 Å². The maximum absolute atomic E-state index is 12.9. The van der Waals surface area contributed by atoms with Crippen LogP contribution in [0.5, 0.6) is 0 Å². The summed E-state index contributed by atoms with van der Waals surface area (Å²) in [6, 6.07) is 8.20. The lowest BCUT2D eigenvalue weighted by Crippen LogP contribution is -2.68. The minimum absolute atomic E-state index is 0.345. The molecule has 132 valence electrons. The van der Waals surface area contributed by atoms with E-state index in [1.165, 1.54) is 12.1 Å². The van der Waals surface area contributed by atoms with Crippen LogP contribution in [0.3, 0.4) is 0 Å². The van der Waals surface area contributed by atoms with E-state index in [1.54, 1.807) is 12.3 Å². The highest BCUT2D eigenvalue weighted by Crippen LogP contribution is 2.36. The fourth-order valence-electron chi connectivity index (χ4n) is 3.75. The second-order valence-electron chi connectivity index (χ2n) is 6.82. The molecule has 3 aliphatic heterocycles. The first-order valence-electron chi connectivity index (χ1n) is 8.36. The van der Waals surface area contributed by atoms with Gasteiger partial charge >= 0.3 is 6.18 Å². The van der Waals surface area contributed by atoms with E-state index in [4.69, 9.17) is 0 Å². The van der Waals surface area contributed by atoms with Gasteiger partial charge in [-0.2, -0.15) is 13.2 Å². The Bertz CT molecular complexity index is 765. The van der Waals surface area contributed by atoms with E-state index in [1.807, 2.05) is 13.0 Å². The number of hydrogen-bond donors (Lipinski definition) is 0. The summed E-state index contributed by atoms with van der Waals surface area (Å²) in [6.07, 6.45) is -1.44. The van der Waals surface area contributed by atoms with E-state index in [2.05, 4.69) is 19.8 Å². The molecule has 3 saturated heterocycles. The van der Waals surface area contributed by atoms with E-state index in [9.17, 15) is 13.2 Å². The van der Waals surface area contributed by atoms with Gasteiger partial charge in [-0.3, -0.25) is 4.90 Å². The van der Waals surface area contributed by atoms with Crippen molar-refractivity contribution in [2.75, 3.05) is 18.0 Å². The molecule has 3 fully saturated rings. The summed E-state index contributed by atoms with van der Waals surface area (Å²) in [7, 11) is 0. The van der Waals surface area contributed by atoms with Crippen molar-refractivity contribution >= 4 is 5.95 Å². The van der Waals surface area contributed by atoms with Gasteiger partial charge in [-0.1, -0.05) is 18.2 Å². The van der Waals surface area contributed by atoms with Gasteiger partial charge in [0.2, 0.25) is 5.95 Å². The van der Waals surface area contributed by atoms with Crippen molar-refractivity contribution in [3.63, 3.8) is 0 Å². The van der Waals surface area contributed by atoms with Gasteiger partial charge < -0.3 is 4.90 Å². The van der Waals surface area contributed by atoms with Gasteiger partial charge in [0.05, 0.1) is 5.56 Å². The Balaban J connectivity index is 1.44. The van der Waals surface area contributed by atoms with E-state index >= 15 is 0 Å². The van der Waals surface area contributed by atoms with Crippen LogP contribution in [0.4, 0.5) is 19.1 Å². The third-order valence-electron chi connectivity index (χ3n) is 5.03. The quantitative estimate of drug-likeness (QED) is 0.852. The maximum atomic E-state index is 12.9. The van der Waals surface area contributed by atoms with Crippen molar-refractivity contribution in [1.29, 1.82) is 0 Å². The van der Waals surface area contributed by atoms with Crippen molar-refractivity contribution in [3.8, 4) is 0 Å². The zero-order valence-corrected chi connectivity index (χ0v) is 13.9. The van der Waals surface area contributed by atoms with Crippen LogP contribution < -0.4 is 4.90 Å². The highest BCUT2D eigenvalue weighted by atomic mass is 19.4. The van der Waals surface area contributed by atoms with Crippen LogP contribution in [0.2, 0.25) is 0 Å². The number of aromatic nitrogens is 2. The molecule has 25 heavy (non-hydrogen) atoms. The monoisotopic (exact) mass is 348 g/mol. The summed E-state index contributed by atoms with van der Waals surface area (Å²) in [5, 5.41) is 0. The number of hydrogen-bond acceptors (Lipinski definition) is 4. The fraction of sp³-hybridized carbons (Fsp3) is 0.444. The number of fused-ring (bicyclic) bond motifs is 2. The standard InChI is InChI=1S/C18H19F3N4/c1-12-5-6-22-17(23-12)24-10-15-8-16(11-24)25(15)9-13-3-2-4-14(7-13)18(19,20)21/h2-7,15-16H,8-11H2,1H3. The van der Waals surface area contributed by atoms with Crippen LogP contribution in [0, 0.1) is 6.92 Å². The Morgan fingerprint density at radius 1 is 1.16 bits per heavy atom. The van der Waals surface area contributed by atoms with Crippen LogP contribution in [-0.2, 0) is 12.7 Å². The van der Waals surface area contributed by atoms with Crippen LogP contribution in [-0.4, -0.2) is 40.0 Å². The Kier molecular flexibility index (Phi) is 3.91. The maximum Gasteiger partial charge on any atom is 0.416 e. The van der Waals surface area contributed by atoms with Crippen molar-refractivity contribution in [3.05, 3.63) is 53.3 Å². The zero-order chi connectivity index (χ0) is 17.6. The summed E-state index contributed by atoms with van der Waals surface area (Å²) in [6.45, 7) is 4.13. The average molecular weight is 348 g/mol. The Labute approximate surface area is 144 Å². The van der Waals surface area contributed by atoms with Gasteiger partial charge in [-0.05, 0) is 31.0 Å². The summed E-state index contributed by atoms with van der Waals surface area (Å²) in [5.41, 5.74) is 1.07. The molecule has 1 aromatic heterocycles. The second-order valence-corrected chi connectivity index (χ2v) is 6.82. The molecule has 4 nitrogen and oxygen atoms in total. The number of piperazine rings is 1. The van der Waals surface area contributed by atoms with Gasteiger partial charge in [0.15, 0.2) is 0 Å². The Morgan fingerprint density at radius 2 is 1.92 bits per heavy atom. The lowest BCUT2D eigenvalue weighted by atomic mass is 9.87. The van der Waals surface area contributed by atoms with E-state index in [0.717, 1.165) is 37.2 Å². The SMILES string of the molecule is Cc1ccnc(N2CC3CC(C2)N3Cc2cccc(C(F)(F)F)c2)n1. The number of halogens is 3. The molecule has 0 saturated carbocycles. The second kappa shape index (κ2) is 5.98. The Morgan fingerprint density at radius 3 is 2.60 bits per heavy atom. The first kappa shape index (κ1) is 16.3. The van der Waals surface area contributed by atoms with Crippen molar-refractivity contribution in [1.82, 2.24) is 14.9 Å². The highest BCUT2D eigenvalue weighted by molar-refractivity contribution is 5.35. The number of nitrogens with zero attached hydrogens (tertiary/aromatic N) is 4. The molecular weight excluding hydrogens is 329 g/mol. The summed E-state index contributed by atoms with van der Waals surface area (Å²) < 4.78 is 38.6. The molecule has 7 heteroatoms. The van der Waals surface area contributed by atoms with Crippen LogP contribution in [0.25, 0.3) is 0 Å². The summed E-state index contributed by atoms with van der Waals surface area (Å²) in [4.78, 5) is 13.3. The minimum Gasteiger partial charge on any atom is -0.338 e. The van der Waals surface area contributed by atoms with Gasteiger partial charge in [0, 0.05) is 43.6 Å². The molecule has 5 rings (SSSR count). The third-order valence-corrected chi connectivity index (χ3v) is 5.03. The molecule has 0 N–H and O–H groups in total. The lowest BCUT2D eigenvalue weighted by Gasteiger charge is -2.56. The fourth-order valence-corrected chi connectivity index (χ4v) is 3.75. The molecule has 2 atom stereocenters. The summed E-state index contributed by atoms with van der Waals surface area (Å²) in [5.74, 6) is 0.744. The third kappa shape index (κ3) is 3.20. The molecule has 0 amide bonds. The zero-order valence-electron chi connectivity index (χ0n) is 13.9. The highest BCUT2D eigenvalue weighted by Gasteiger charge is 2.45. The van der Waals surface area contributed by atoms with Crippen LogP contribution in [0.15, 0.2) is 36.5 Å². The molecular formula is C18H19F3N4. The first-order chi connectivity index (χ1) is 11.9. The number of aryl methyl sites for hydroxylation is 1. The molecule has 0 radical (unpaired) electrons. The van der Waals surface area contributed by atoms with E-state index in [-0.39, 0.29) is 0 Å². The number of piperidine rings is 1. The predicted molar refractivity (Wildman–Crippen MR) is 88.2 cm³/mol. The number of alkyl halides is 3. The molecule has 4 heterocycles. The van der Waals surface area contributed by atoms with Gasteiger partial charge in [-0.25, -0.2) is 9.97 Å². The van der Waals surface area contributed by atoms with Gasteiger partial charge in [0.1, 0.15) is 0 Å². The largest absolute Gasteiger partial charge is 0.416 e. The molecule has 2 bridgehead atoms. The molecule has 2 unspecified atom stereocenters. The number of anilines is 1. The average Bonchev–Trinajstić information content (AvgIpc) is 2.59. The molecule has 0 spiro atoms.